The Morgan fingerprint density at radius 1 is 1.22 bits per heavy atom. The van der Waals surface area contributed by atoms with Crippen LogP contribution in [0.3, 0.4) is 0 Å². The molecular weight excluding hydrogens is 312 g/mol. The molecule has 1 aromatic heterocycles. The Labute approximate surface area is 119 Å². The van der Waals surface area contributed by atoms with Gasteiger partial charge < -0.3 is 11.1 Å². The molecule has 0 amide bonds. The predicted molar refractivity (Wildman–Crippen MR) is 80.4 cm³/mol. The summed E-state index contributed by atoms with van der Waals surface area (Å²) in [5.74, 6) is 1.16. The van der Waals surface area contributed by atoms with Crippen molar-refractivity contribution >= 4 is 45.0 Å². The van der Waals surface area contributed by atoms with Crippen LogP contribution in [0.2, 0.25) is 0 Å². The number of halogens is 1. The first-order valence-corrected chi connectivity index (χ1v) is 7.31. The van der Waals surface area contributed by atoms with Crippen LogP contribution in [0, 0.1) is 6.92 Å². The van der Waals surface area contributed by atoms with E-state index < -0.39 is 0 Å². The maximum atomic E-state index is 5.73. The van der Waals surface area contributed by atoms with Gasteiger partial charge in [0.1, 0.15) is 11.6 Å². The zero-order valence-electron chi connectivity index (χ0n) is 10.1. The van der Waals surface area contributed by atoms with Gasteiger partial charge in [-0.2, -0.15) is 0 Å². The molecule has 2 rings (SSSR count). The Hall–Kier alpha value is -1.27. The first kappa shape index (κ1) is 13.2. The van der Waals surface area contributed by atoms with Gasteiger partial charge in [0.25, 0.3) is 0 Å². The molecule has 0 spiro atoms. The molecule has 1 heterocycles. The summed E-state index contributed by atoms with van der Waals surface area (Å²) in [6, 6.07) is 7.80. The minimum Gasteiger partial charge on any atom is -0.383 e. The van der Waals surface area contributed by atoms with E-state index in [1.807, 2.05) is 31.4 Å². The van der Waals surface area contributed by atoms with Crippen molar-refractivity contribution < 1.29 is 0 Å². The number of hydrogen-bond acceptors (Lipinski definition) is 5. The van der Waals surface area contributed by atoms with Crippen LogP contribution in [-0.2, 0) is 0 Å². The third-order valence-electron chi connectivity index (χ3n) is 2.22. The Morgan fingerprint density at radius 2 is 2.00 bits per heavy atom. The van der Waals surface area contributed by atoms with E-state index in [2.05, 4.69) is 31.2 Å². The van der Waals surface area contributed by atoms with Crippen LogP contribution >= 0.6 is 27.7 Å². The van der Waals surface area contributed by atoms with Gasteiger partial charge in [0.05, 0.1) is 0 Å². The first-order chi connectivity index (χ1) is 8.56. The van der Waals surface area contributed by atoms with Crippen molar-refractivity contribution in [3.63, 3.8) is 0 Å². The molecule has 0 atom stereocenters. The number of hydrogen-bond donors (Lipinski definition) is 2. The Balaban J connectivity index is 2.30. The molecule has 1 aromatic carbocycles. The van der Waals surface area contributed by atoms with E-state index in [1.165, 1.54) is 17.3 Å². The number of aryl methyl sites for hydroxylation is 1. The maximum absolute atomic E-state index is 5.73. The van der Waals surface area contributed by atoms with Crippen LogP contribution in [-0.4, -0.2) is 16.2 Å². The number of nitrogens with zero attached hydrogens (tertiary/aromatic N) is 2. The van der Waals surface area contributed by atoms with Crippen LogP contribution < -0.4 is 11.1 Å². The number of thioether (sulfide) groups is 1. The molecular formula is C12H13BrN4S. The topological polar surface area (TPSA) is 63.8 Å². The number of anilines is 3. The number of nitrogen functional groups attached to an aromatic ring is 1. The molecule has 0 aliphatic heterocycles. The zero-order valence-corrected chi connectivity index (χ0v) is 12.5. The summed E-state index contributed by atoms with van der Waals surface area (Å²) >= 11 is 4.93. The molecule has 18 heavy (non-hydrogen) atoms. The molecule has 0 aliphatic carbocycles. The van der Waals surface area contributed by atoms with Crippen molar-refractivity contribution in [2.45, 2.75) is 12.1 Å². The van der Waals surface area contributed by atoms with Crippen LogP contribution in [0.15, 0.2) is 33.9 Å². The maximum Gasteiger partial charge on any atom is 0.191 e. The minimum atomic E-state index is 0.462. The molecule has 3 N–H and O–H groups in total. The van der Waals surface area contributed by atoms with Crippen molar-refractivity contribution in [1.29, 1.82) is 0 Å². The molecule has 4 nitrogen and oxygen atoms in total. The monoisotopic (exact) mass is 324 g/mol. The third-order valence-corrected chi connectivity index (χ3v) is 3.23. The van der Waals surface area contributed by atoms with Crippen LogP contribution in [0.1, 0.15) is 5.56 Å². The van der Waals surface area contributed by atoms with E-state index in [4.69, 9.17) is 5.73 Å². The lowest BCUT2D eigenvalue weighted by atomic mass is 10.2. The fourth-order valence-electron chi connectivity index (χ4n) is 1.55. The summed E-state index contributed by atoms with van der Waals surface area (Å²) < 4.78 is 1.03. The largest absolute Gasteiger partial charge is 0.383 e. The van der Waals surface area contributed by atoms with Gasteiger partial charge in [-0.25, -0.2) is 9.97 Å². The molecule has 0 unspecified atom stereocenters. The summed E-state index contributed by atoms with van der Waals surface area (Å²) in [4.78, 5) is 8.46. The highest BCUT2D eigenvalue weighted by atomic mass is 79.9. The lowest BCUT2D eigenvalue weighted by Crippen LogP contribution is -2.00. The van der Waals surface area contributed by atoms with E-state index in [1.54, 1.807) is 6.07 Å². The number of rotatable bonds is 3. The van der Waals surface area contributed by atoms with Gasteiger partial charge in [-0.3, -0.25) is 0 Å². The van der Waals surface area contributed by atoms with Crippen LogP contribution in [0.5, 0.6) is 0 Å². The summed E-state index contributed by atoms with van der Waals surface area (Å²) in [7, 11) is 0. The fraction of sp³-hybridized carbons (Fsp3) is 0.167. The van der Waals surface area contributed by atoms with Gasteiger partial charge in [-0.15, -0.1) is 0 Å². The molecule has 6 heteroatoms. The summed E-state index contributed by atoms with van der Waals surface area (Å²) in [5.41, 5.74) is 7.87. The average Bonchev–Trinajstić information content (AvgIpc) is 2.26. The van der Waals surface area contributed by atoms with E-state index in [0.29, 0.717) is 16.8 Å². The highest BCUT2D eigenvalue weighted by Crippen LogP contribution is 2.23. The van der Waals surface area contributed by atoms with Gasteiger partial charge in [0.15, 0.2) is 5.16 Å². The molecule has 0 saturated heterocycles. The Kier molecular flexibility index (Phi) is 4.08. The van der Waals surface area contributed by atoms with Crippen molar-refractivity contribution in [2.24, 2.45) is 0 Å². The Morgan fingerprint density at radius 3 is 2.67 bits per heavy atom. The normalized spacial score (nSPS) is 10.4. The molecule has 0 aliphatic rings. The van der Waals surface area contributed by atoms with Crippen molar-refractivity contribution in [1.82, 2.24) is 9.97 Å². The number of aromatic nitrogens is 2. The zero-order chi connectivity index (χ0) is 13.1. The summed E-state index contributed by atoms with van der Waals surface area (Å²) in [6.45, 7) is 2.04. The highest BCUT2D eigenvalue weighted by Gasteiger charge is 2.03. The number of nitrogens with two attached hydrogens (primary N) is 1. The SMILES string of the molecule is CSc1nc(N)cc(Nc2cc(C)cc(Br)c2)n1. The van der Waals surface area contributed by atoms with Crippen molar-refractivity contribution in [3.05, 3.63) is 34.3 Å². The second kappa shape index (κ2) is 5.58. The third kappa shape index (κ3) is 3.36. The number of benzene rings is 1. The highest BCUT2D eigenvalue weighted by molar-refractivity contribution is 9.10. The van der Waals surface area contributed by atoms with Crippen molar-refractivity contribution in [2.75, 3.05) is 17.3 Å². The Bertz CT molecular complexity index is 554. The molecule has 2 aromatic rings. The standard InChI is InChI=1S/C12H13BrN4S/c1-7-3-8(13)5-9(4-7)15-11-6-10(14)16-12(17-11)18-2/h3-6H,1-2H3,(H3,14,15,16,17). The minimum absolute atomic E-state index is 0.462. The van der Waals surface area contributed by atoms with Gasteiger partial charge in [0.2, 0.25) is 0 Å². The van der Waals surface area contributed by atoms with E-state index in [-0.39, 0.29) is 0 Å². The predicted octanol–water partition coefficient (Wildman–Crippen LogP) is 3.60. The molecule has 0 bridgehead atoms. The van der Waals surface area contributed by atoms with E-state index in [0.717, 1.165) is 10.2 Å². The van der Waals surface area contributed by atoms with Crippen LogP contribution in [0.25, 0.3) is 0 Å². The van der Waals surface area contributed by atoms with Gasteiger partial charge in [0, 0.05) is 16.2 Å². The van der Waals surface area contributed by atoms with Gasteiger partial charge >= 0.3 is 0 Å². The smallest absolute Gasteiger partial charge is 0.191 e. The molecule has 94 valence electrons. The number of nitrogens with one attached hydrogen (secondary N) is 1. The summed E-state index contributed by atoms with van der Waals surface area (Å²) in [6.07, 6.45) is 1.92. The molecule has 0 saturated carbocycles. The molecule has 0 radical (unpaired) electrons. The van der Waals surface area contributed by atoms with E-state index in [9.17, 15) is 0 Å². The quantitative estimate of drug-likeness (QED) is 0.667. The lowest BCUT2D eigenvalue weighted by molar-refractivity contribution is 0.984. The fourth-order valence-corrected chi connectivity index (χ4v) is 2.55. The van der Waals surface area contributed by atoms with Gasteiger partial charge in [-0.1, -0.05) is 27.7 Å². The first-order valence-electron chi connectivity index (χ1n) is 5.29. The summed E-state index contributed by atoms with van der Waals surface area (Å²) in [5, 5.41) is 3.88. The van der Waals surface area contributed by atoms with Gasteiger partial charge in [-0.05, 0) is 36.9 Å². The van der Waals surface area contributed by atoms with Crippen molar-refractivity contribution in [3.8, 4) is 0 Å². The van der Waals surface area contributed by atoms with Crippen LogP contribution in [0.4, 0.5) is 17.3 Å². The lowest BCUT2D eigenvalue weighted by Gasteiger charge is -2.08. The van der Waals surface area contributed by atoms with E-state index >= 15 is 0 Å². The average molecular weight is 325 g/mol. The second-order valence-electron chi connectivity index (χ2n) is 3.81. The second-order valence-corrected chi connectivity index (χ2v) is 5.50. The molecule has 0 fully saturated rings.